The summed E-state index contributed by atoms with van der Waals surface area (Å²) in [5, 5.41) is 32.2. The number of rotatable bonds is 11. The molecule has 0 aromatic heterocycles. The van der Waals surface area contributed by atoms with Crippen LogP contribution < -0.4 is 14.8 Å². The number of nitrogens with zero attached hydrogens (tertiary/aromatic N) is 2. The summed E-state index contributed by atoms with van der Waals surface area (Å²) in [6.07, 6.45) is 0.310. The Morgan fingerprint density at radius 1 is 0.621 bits per heavy atom. The predicted octanol–water partition coefficient (Wildman–Crippen LogP) is 12.4. The molecule has 7 heteroatoms. The molecule has 9 aromatic carbocycles. The van der Waals surface area contributed by atoms with Gasteiger partial charge in [-0.3, -0.25) is 4.79 Å². The summed E-state index contributed by atoms with van der Waals surface area (Å²) in [4.78, 5) is 14.1. The summed E-state index contributed by atoms with van der Waals surface area (Å²) in [5.74, 6) is 0.991. The third kappa shape index (κ3) is 6.26. The lowest BCUT2D eigenvalue weighted by Crippen LogP contribution is -2.32. The zero-order chi connectivity index (χ0) is 39.8. The number of ether oxygens (including phenoxy) is 2. The average Bonchev–Trinajstić information content (AvgIpc) is 3.27. The Morgan fingerprint density at radius 3 is 1.90 bits per heavy atom. The van der Waals surface area contributed by atoms with Gasteiger partial charge in [-0.25, -0.2) is 0 Å². The van der Waals surface area contributed by atoms with E-state index in [0.717, 1.165) is 49.5 Å². The lowest BCUT2D eigenvalue weighted by Gasteiger charge is -2.38. The molecule has 0 radical (unpaired) electrons. The number of aryl methyl sites for hydroxylation is 1. The van der Waals surface area contributed by atoms with Gasteiger partial charge in [0.15, 0.2) is 0 Å². The highest BCUT2D eigenvalue weighted by Crippen LogP contribution is 2.51. The molecule has 0 fully saturated rings. The van der Waals surface area contributed by atoms with Crippen molar-refractivity contribution in [1.82, 2.24) is 0 Å². The highest BCUT2D eigenvalue weighted by atomic mass is 16.5. The van der Waals surface area contributed by atoms with Crippen molar-refractivity contribution in [3.8, 4) is 11.5 Å². The molecular formula is C51H41N3O4. The fourth-order valence-corrected chi connectivity index (χ4v) is 8.67. The molecule has 1 atom stereocenters. The zero-order valence-corrected chi connectivity index (χ0v) is 32.5. The quantitative estimate of drug-likeness (QED) is 0.0594. The van der Waals surface area contributed by atoms with Gasteiger partial charge >= 0.3 is 0 Å². The standard InChI is InChI=1S/C51H41N3O4/c1-32-16-18-37(19-17-32)53-54-38-22-20-36(21-23-38)52-50(56)34-10-4-11-35(30-34)51(28-29-55,46-26-24-39(57-2)31-47(46)58-3)45-27-25-43-41-13-6-9-33-8-5-12-40(48(33)41)42-14-7-15-44(45)49(42)43/h4-27,30-31,55H,28-29H2,1-3H3,(H,52,56). The van der Waals surface area contributed by atoms with E-state index in [9.17, 15) is 9.90 Å². The Morgan fingerprint density at radius 2 is 1.22 bits per heavy atom. The van der Waals surface area contributed by atoms with Crippen LogP contribution in [0.25, 0.3) is 43.1 Å². The largest absolute Gasteiger partial charge is 0.497 e. The molecular weight excluding hydrogens is 719 g/mol. The van der Waals surface area contributed by atoms with Gasteiger partial charge in [-0.1, -0.05) is 103 Å². The number of fused-ring (bicyclic) bond motifs is 2. The molecule has 2 N–H and O–H groups in total. The Hall–Kier alpha value is -7.09. The van der Waals surface area contributed by atoms with Crippen LogP contribution in [0.3, 0.4) is 0 Å². The topological polar surface area (TPSA) is 92.5 Å². The van der Waals surface area contributed by atoms with Crippen LogP contribution in [0.2, 0.25) is 0 Å². The minimum absolute atomic E-state index is 0.135. The van der Waals surface area contributed by atoms with Crippen LogP contribution in [0.4, 0.5) is 17.1 Å². The third-order valence-corrected chi connectivity index (χ3v) is 11.4. The molecule has 0 spiro atoms. The van der Waals surface area contributed by atoms with Gasteiger partial charge in [-0.05, 0) is 122 Å². The number of carbonyl (C=O) groups excluding carboxylic acids is 1. The summed E-state index contributed by atoms with van der Waals surface area (Å²) < 4.78 is 11.8. The first-order valence-corrected chi connectivity index (χ1v) is 19.3. The summed E-state index contributed by atoms with van der Waals surface area (Å²) in [5.41, 5.74) is 5.40. The second kappa shape index (κ2) is 15.1. The van der Waals surface area contributed by atoms with E-state index in [2.05, 4.69) is 82.3 Å². The van der Waals surface area contributed by atoms with Crippen molar-refractivity contribution in [3.05, 3.63) is 186 Å². The molecule has 9 aromatic rings. The highest BCUT2D eigenvalue weighted by Gasteiger charge is 2.40. The van der Waals surface area contributed by atoms with Gasteiger partial charge in [0, 0.05) is 29.5 Å². The van der Waals surface area contributed by atoms with E-state index < -0.39 is 5.41 Å². The van der Waals surface area contributed by atoms with E-state index in [1.807, 2.05) is 97.9 Å². The maximum Gasteiger partial charge on any atom is 0.255 e. The van der Waals surface area contributed by atoms with Gasteiger partial charge in [0.1, 0.15) is 11.5 Å². The van der Waals surface area contributed by atoms with Crippen molar-refractivity contribution in [2.24, 2.45) is 10.2 Å². The first kappa shape index (κ1) is 36.5. The minimum Gasteiger partial charge on any atom is -0.497 e. The number of aliphatic hydroxyl groups is 1. The number of nitrogens with one attached hydrogen (secondary N) is 1. The Labute approximate surface area is 336 Å². The van der Waals surface area contributed by atoms with E-state index in [-0.39, 0.29) is 12.5 Å². The number of aliphatic hydroxyl groups excluding tert-OH is 1. The van der Waals surface area contributed by atoms with Gasteiger partial charge in [0.2, 0.25) is 0 Å². The van der Waals surface area contributed by atoms with Crippen LogP contribution in [0.5, 0.6) is 11.5 Å². The van der Waals surface area contributed by atoms with Gasteiger partial charge in [0.25, 0.3) is 5.91 Å². The molecule has 7 nitrogen and oxygen atoms in total. The molecule has 0 saturated heterocycles. The maximum atomic E-state index is 14.1. The molecule has 0 saturated carbocycles. The maximum absolute atomic E-state index is 14.1. The Bertz CT molecular complexity index is 2940. The molecule has 284 valence electrons. The molecule has 1 unspecified atom stereocenters. The minimum atomic E-state index is -0.965. The summed E-state index contributed by atoms with van der Waals surface area (Å²) >= 11 is 0. The molecule has 58 heavy (non-hydrogen) atoms. The molecule has 9 rings (SSSR count). The predicted molar refractivity (Wildman–Crippen MR) is 235 cm³/mol. The summed E-state index contributed by atoms with van der Waals surface area (Å²) in [6, 6.07) is 52.5. The molecule has 0 aliphatic heterocycles. The zero-order valence-electron chi connectivity index (χ0n) is 32.5. The molecule has 0 bridgehead atoms. The van der Waals surface area contributed by atoms with Crippen LogP contribution in [-0.4, -0.2) is 31.8 Å². The van der Waals surface area contributed by atoms with Gasteiger partial charge in [-0.2, -0.15) is 10.2 Å². The normalized spacial score (nSPS) is 12.8. The number of anilines is 1. The number of amides is 1. The number of carbonyl (C=O) groups is 1. The van der Waals surface area contributed by atoms with Crippen molar-refractivity contribution in [3.63, 3.8) is 0 Å². The lowest BCUT2D eigenvalue weighted by atomic mass is 9.65. The first-order valence-electron chi connectivity index (χ1n) is 19.3. The van der Waals surface area contributed by atoms with Gasteiger partial charge in [-0.15, -0.1) is 0 Å². The van der Waals surface area contributed by atoms with Crippen LogP contribution in [0, 0.1) is 6.92 Å². The van der Waals surface area contributed by atoms with Crippen molar-refractivity contribution in [1.29, 1.82) is 0 Å². The van der Waals surface area contributed by atoms with E-state index in [0.29, 0.717) is 34.9 Å². The fourth-order valence-electron chi connectivity index (χ4n) is 8.67. The smallest absolute Gasteiger partial charge is 0.255 e. The van der Waals surface area contributed by atoms with Crippen molar-refractivity contribution >= 4 is 66.1 Å². The van der Waals surface area contributed by atoms with E-state index in [4.69, 9.17) is 9.47 Å². The van der Waals surface area contributed by atoms with Crippen molar-refractivity contribution in [2.75, 3.05) is 26.1 Å². The number of hydrogen-bond donors (Lipinski definition) is 2. The highest BCUT2D eigenvalue weighted by molar-refractivity contribution is 6.33. The van der Waals surface area contributed by atoms with Crippen LogP contribution >= 0.6 is 0 Å². The molecule has 0 aliphatic rings. The Kier molecular flexibility index (Phi) is 9.52. The second-order valence-corrected chi connectivity index (χ2v) is 14.7. The van der Waals surface area contributed by atoms with Gasteiger partial charge < -0.3 is 19.9 Å². The molecule has 0 heterocycles. The van der Waals surface area contributed by atoms with E-state index >= 15 is 0 Å². The van der Waals surface area contributed by atoms with Crippen LogP contribution in [0.15, 0.2) is 168 Å². The molecule has 0 aliphatic carbocycles. The second-order valence-electron chi connectivity index (χ2n) is 14.7. The van der Waals surface area contributed by atoms with E-state index in [1.165, 1.54) is 21.5 Å². The third-order valence-electron chi connectivity index (χ3n) is 11.4. The molecule has 1 amide bonds. The number of benzene rings is 9. The van der Waals surface area contributed by atoms with Crippen LogP contribution in [-0.2, 0) is 5.41 Å². The summed E-state index contributed by atoms with van der Waals surface area (Å²) in [6.45, 7) is 1.90. The number of methoxy groups -OCH3 is 2. The number of azo groups is 1. The fraction of sp³-hybridized carbons (Fsp3) is 0.118. The SMILES string of the molecule is COc1ccc(C(CCO)(c2cccc(C(=O)Nc3ccc(N=Nc4ccc(C)cc4)cc3)c2)c2ccc3c4cccc5cccc(c6cccc2c63)c54)c(OC)c1. The van der Waals surface area contributed by atoms with E-state index in [1.54, 1.807) is 14.2 Å². The summed E-state index contributed by atoms with van der Waals surface area (Å²) in [7, 11) is 3.28. The van der Waals surface area contributed by atoms with Crippen molar-refractivity contribution < 1.29 is 19.4 Å². The van der Waals surface area contributed by atoms with Crippen molar-refractivity contribution in [2.45, 2.75) is 18.8 Å². The average molecular weight is 760 g/mol. The lowest BCUT2D eigenvalue weighted by molar-refractivity contribution is 0.102. The van der Waals surface area contributed by atoms with Gasteiger partial charge in [0.05, 0.1) is 31.0 Å². The number of hydrogen-bond acceptors (Lipinski definition) is 6. The van der Waals surface area contributed by atoms with Crippen LogP contribution in [0.1, 0.15) is 39.0 Å². The first-order chi connectivity index (χ1) is 28.4. The monoisotopic (exact) mass is 759 g/mol. The Balaban J connectivity index is 1.18.